The lowest BCUT2D eigenvalue weighted by Crippen LogP contribution is -1.81. The van der Waals surface area contributed by atoms with Crippen molar-refractivity contribution in [1.29, 1.82) is 0 Å². The second-order valence-corrected chi connectivity index (χ2v) is 3.90. The highest BCUT2D eigenvalue weighted by molar-refractivity contribution is 8.02. The van der Waals surface area contributed by atoms with Crippen molar-refractivity contribution in [3.8, 4) is 0 Å². The van der Waals surface area contributed by atoms with Gasteiger partial charge in [-0.25, -0.2) is 0 Å². The number of thioether (sulfide) groups is 1. The van der Waals surface area contributed by atoms with Crippen molar-refractivity contribution < 1.29 is 5.11 Å². The van der Waals surface area contributed by atoms with Crippen LogP contribution in [0.25, 0.3) is 6.08 Å². The van der Waals surface area contributed by atoms with Crippen LogP contribution in [0.2, 0.25) is 5.02 Å². The van der Waals surface area contributed by atoms with E-state index < -0.39 is 0 Å². The SMILES string of the molecule is OCCS/C=C/c1ccc(Cl)cc1. The Kier molecular flexibility index (Phi) is 4.98. The van der Waals surface area contributed by atoms with Gasteiger partial charge in [-0.2, -0.15) is 0 Å². The van der Waals surface area contributed by atoms with Crippen molar-refractivity contribution in [2.24, 2.45) is 0 Å². The van der Waals surface area contributed by atoms with Gasteiger partial charge in [0.05, 0.1) is 6.61 Å². The molecular weight excluding hydrogens is 204 g/mol. The molecule has 0 aromatic heterocycles. The molecule has 1 rings (SSSR count). The van der Waals surface area contributed by atoms with Crippen LogP contribution in [-0.2, 0) is 0 Å². The molecule has 0 heterocycles. The minimum Gasteiger partial charge on any atom is -0.396 e. The zero-order valence-electron chi connectivity index (χ0n) is 7.11. The number of aliphatic hydroxyl groups is 1. The van der Waals surface area contributed by atoms with E-state index in [1.807, 2.05) is 35.7 Å². The summed E-state index contributed by atoms with van der Waals surface area (Å²) in [6.45, 7) is 0.218. The van der Waals surface area contributed by atoms with Gasteiger partial charge in [0.15, 0.2) is 0 Å². The van der Waals surface area contributed by atoms with Crippen LogP contribution in [0.3, 0.4) is 0 Å². The Labute approximate surface area is 87.4 Å². The molecule has 0 atom stereocenters. The Morgan fingerprint density at radius 3 is 2.62 bits per heavy atom. The molecule has 0 radical (unpaired) electrons. The van der Waals surface area contributed by atoms with Gasteiger partial charge in [0.25, 0.3) is 0 Å². The molecule has 0 fully saturated rings. The summed E-state index contributed by atoms with van der Waals surface area (Å²) in [6, 6.07) is 7.63. The lowest BCUT2D eigenvalue weighted by Gasteiger charge is -1.93. The van der Waals surface area contributed by atoms with Gasteiger partial charge in [0, 0.05) is 10.8 Å². The van der Waals surface area contributed by atoms with Gasteiger partial charge >= 0.3 is 0 Å². The van der Waals surface area contributed by atoms with E-state index in [-0.39, 0.29) is 6.61 Å². The molecule has 0 aliphatic rings. The van der Waals surface area contributed by atoms with E-state index in [1.54, 1.807) is 11.8 Å². The molecule has 13 heavy (non-hydrogen) atoms. The molecule has 3 heteroatoms. The Balaban J connectivity index is 2.44. The molecule has 0 amide bonds. The molecule has 0 spiro atoms. The van der Waals surface area contributed by atoms with Gasteiger partial charge in [-0.05, 0) is 29.2 Å². The van der Waals surface area contributed by atoms with E-state index in [9.17, 15) is 0 Å². The van der Waals surface area contributed by atoms with Crippen LogP contribution in [0, 0.1) is 0 Å². The van der Waals surface area contributed by atoms with Crippen molar-refractivity contribution in [2.75, 3.05) is 12.4 Å². The zero-order valence-corrected chi connectivity index (χ0v) is 8.68. The molecule has 0 unspecified atom stereocenters. The topological polar surface area (TPSA) is 20.2 Å². The lowest BCUT2D eigenvalue weighted by atomic mass is 10.2. The van der Waals surface area contributed by atoms with Crippen molar-refractivity contribution >= 4 is 29.4 Å². The quantitative estimate of drug-likeness (QED) is 0.778. The first-order chi connectivity index (χ1) is 6.33. The molecule has 0 saturated carbocycles. The number of rotatable bonds is 4. The highest BCUT2D eigenvalue weighted by Gasteiger charge is 1.87. The third-order valence-electron chi connectivity index (χ3n) is 1.44. The third kappa shape index (κ3) is 4.36. The van der Waals surface area contributed by atoms with E-state index in [0.717, 1.165) is 16.3 Å². The number of benzene rings is 1. The van der Waals surface area contributed by atoms with Crippen LogP contribution in [0.1, 0.15) is 5.56 Å². The fraction of sp³-hybridized carbons (Fsp3) is 0.200. The molecule has 0 aliphatic heterocycles. The maximum Gasteiger partial charge on any atom is 0.0525 e. The molecule has 0 bridgehead atoms. The van der Waals surface area contributed by atoms with Crippen LogP contribution in [0.5, 0.6) is 0 Å². The van der Waals surface area contributed by atoms with Crippen LogP contribution in [0.4, 0.5) is 0 Å². The molecule has 1 aromatic carbocycles. The second kappa shape index (κ2) is 6.08. The maximum atomic E-state index is 8.53. The van der Waals surface area contributed by atoms with Gasteiger partial charge in [0.1, 0.15) is 0 Å². The van der Waals surface area contributed by atoms with Gasteiger partial charge < -0.3 is 5.11 Å². The van der Waals surface area contributed by atoms with Crippen molar-refractivity contribution in [3.63, 3.8) is 0 Å². The Hall–Kier alpha value is -0.440. The fourth-order valence-corrected chi connectivity index (χ4v) is 1.44. The van der Waals surface area contributed by atoms with Gasteiger partial charge in [-0.1, -0.05) is 23.7 Å². The predicted octanol–water partition coefficient (Wildman–Crippen LogP) is 3.04. The summed E-state index contributed by atoms with van der Waals surface area (Å²) in [5, 5.41) is 11.2. The second-order valence-electron chi connectivity index (χ2n) is 2.45. The highest BCUT2D eigenvalue weighted by Crippen LogP contribution is 2.12. The summed E-state index contributed by atoms with van der Waals surface area (Å²) in [7, 11) is 0. The Morgan fingerprint density at radius 1 is 1.31 bits per heavy atom. The van der Waals surface area contributed by atoms with Crippen LogP contribution in [0.15, 0.2) is 29.7 Å². The summed E-state index contributed by atoms with van der Waals surface area (Å²) < 4.78 is 0. The van der Waals surface area contributed by atoms with E-state index in [2.05, 4.69) is 0 Å². The summed E-state index contributed by atoms with van der Waals surface area (Å²) in [5.74, 6) is 0.740. The van der Waals surface area contributed by atoms with Gasteiger partial charge in [-0.3, -0.25) is 0 Å². The third-order valence-corrected chi connectivity index (χ3v) is 2.43. The van der Waals surface area contributed by atoms with E-state index in [4.69, 9.17) is 16.7 Å². The molecule has 1 aromatic rings. The van der Waals surface area contributed by atoms with Gasteiger partial charge in [0.2, 0.25) is 0 Å². The minimum absolute atomic E-state index is 0.218. The lowest BCUT2D eigenvalue weighted by molar-refractivity contribution is 0.322. The molecule has 1 nitrogen and oxygen atoms in total. The summed E-state index contributed by atoms with van der Waals surface area (Å²) in [4.78, 5) is 0. The molecule has 0 aliphatic carbocycles. The smallest absolute Gasteiger partial charge is 0.0525 e. The number of aliphatic hydroxyl groups excluding tert-OH is 1. The average molecular weight is 215 g/mol. The summed E-state index contributed by atoms with van der Waals surface area (Å²) in [5.41, 5.74) is 1.12. The van der Waals surface area contributed by atoms with E-state index in [1.165, 1.54) is 0 Å². The monoisotopic (exact) mass is 214 g/mol. The highest BCUT2D eigenvalue weighted by atomic mass is 35.5. The van der Waals surface area contributed by atoms with Crippen LogP contribution >= 0.6 is 23.4 Å². The standard InChI is InChI=1S/C10H11ClOS/c11-10-3-1-9(2-4-10)5-7-13-8-6-12/h1-5,7,12H,6,8H2/b7-5+. The van der Waals surface area contributed by atoms with Crippen LogP contribution < -0.4 is 0 Å². The zero-order chi connectivity index (χ0) is 9.52. The Morgan fingerprint density at radius 2 is 2.00 bits per heavy atom. The number of halogens is 1. The fourth-order valence-electron chi connectivity index (χ4n) is 0.821. The van der Waals surface area contributed by atoms with Crippen LogP contribution in [-0.4, -0.2) is 17.5 Å². The van der Waals surface area contributed by atoms with Crippen molar-refractivity contribution in [1.82, 2.24) is 0 Å². The van der Waals surface area contributed by atoms with E-state index >= 15 is 0 Å². The maximum absolute atomic E-state index is 8.53. The normalized spacial score (nSPS) is 10.9. The first-order valence-electron chi connectivity index (χ1n) is 3.97. The largest absolute Gasteiger partial charge is 0.396 e. The molecule has 70 valence electrons. The molecule has 0 saturated heterocycles. The summed E-state index contributed by atoms with van der Waals surface area (Å²) in [6.07, 6.45) is 2.00. The summed E-state index contributed by atoms with van der Waals surface area (Å²) >= 11 is 7.32. The Bertz CT molecular complexity index is 269. The van der Waals surface area contributed by atoms with Crippen molar-refractivity contribution in [3.05, 3.63) is 40.3 Å². The van der Waals surface area contributed by atoms with E-state index in [0.29, 0.717) is 0 Å². The predicted molar refractivity (Wildman–Crippen MR) is 60.0 cm³/mol. The van der Waals surface area contributed by atoms with Gasteiger partial charge in [-0.15, -0.1) is 11.8 Å². The average Bonchev–Trinajstić information content (AvgIpc) is 2.15. The molecule has 1 N–H and O–H groups in total. The van der Waals surface area contributed by atoms with Crippen molar-refractivity contribution in [2.45, 2.75) is 0 Å². The first kappa shape index (κ1) is 10.6. The first-order valence-corrected chi connectivity index (χ1v) is 5.40. The number of hydrogen-bond donors (Lipinski definition) is 1. The minimum atomic E-state index is 0.218. The number of hydrogen-bond acceptors (Lipinski definition) is 2. The molecular formula is C10H11ClOS.